The average Bonchev–Trinajstić information content (AvgIpc) is 2.96. The molecule has 1 aliphatic carbocycles. The number of aromatic hydroxyl groups is 1. The molecule has 1 fully saturated rings. The molecule has 90 valence electrons. The molecule has 0 saturated heterocycles. The van der Waals surface area contributed by atoms with E-state index in [1.807, 2.05) is 13.0 Å². The zero-order valence-electron chi connectivity index (χ0n) is 9.44. The Morgan fingerprint density at radius 2 is 2.06 bits per heavy atom. The molecule has 0 aliphatic heterocycles. The van der Waals surface area contributed by atoms with Crippen molar-refractivity contribution in [3.63, 3.8) is 0 Å². The van der Waals surface area contributed by atoms with Crippen molar-refractivity contribution < 1.29 is 5.11 Å². The fraction of sp³-hybridized carbons (Fsp3) is 0.500. The van der Waals surface area contributed by atoms with E-state index in [2.05, 4.69) is 0 Å². The van der Waals surface area contributed by atoms with Gasteiger partial charge in [0.2, 0.25) is 0 Å². The summed E-state index contributed by atoms with van der Waals surface area (Å²) in [6.45, 7) is 1.96. The highest BCUT2D eigenvalue weighted by Gasteiger charge is 2.26. The minimum Gasteiger partial charge on any atom is -0.505 e. The number of anilines is 1. The lowest BCUT2D eigenvalue weighted by Crippen LogP contribution is -2.13. The van der Waals surface area contributed by atoms with Gasteiger partial charge in [0.25, 0.3) is 0 Å². The fourth-order valence-electron chi connectivity index (χ4n) is 2.02. The predicted octanol–water partition coefficient (Wildman–Crippen LogP) is 2.50. The van der Waals surface area contributed by atoms with E-state index in [1.54, 1.807) is 6.07 Å². The summed E-state index contributed by atoms with van der Waals surface area (Å²) in [5, 5.41) is 9.88. The van der Waals surface area contributed by atoms with E-state index in [0.29, 0.717) is 5.69 Å². The molecule has 1 aromatic carbocycles. The molecule has 1 aliphatic rings. The molecule has 3 nitrogen and oxygen atoms in total. The number of benzene rings is 1. The lowest BCUT2D eigenvalue weighted by Gasteiger charge is -2.17. The monoisotopic (exact) mass is 242 g/mol. The van der Waals surface area contributed by atoms with Gasteiger partial charge in [-0.05, 0) is 30.9 Å². The van der Waals surface area contributed by atoms with Crippen molar-refractivity contribution in [1.29, 1.82) is 0 Å². The molecular weight excluding hydrogens is 224 g/mol. The van der Waals surface area contributed by atoms with Gasteiger partial charge in [-0.15, -0.1) is 12.4 Å². The first kappa shape index (κ1) is 13.1. The first-order valence-corrected chi connectivity index (χ1v) is 5.43. The molecule has 0 spiro atoms. The normalized spacial score (nSPS) is 16.6. The second kappa shape index (κ2) is 4.93. The molecule has 0 amide bonds. The number of hydrogen-bond acceptors (Lipinski definition) is 3. The number of phenolic OH excluding ortho intramolecular Hbond substituents is 1. The summed E-state index contributed by atoms with van der Waals surface area (Å²) in [6.07, 6.45) is 3.50. The number of nitrogens with two attached hydrogens (primary N) is 2. The van der Waals surface area contributed by atoms with Gasteiger partial charge in [0.05, 0.1) is 5.69 Å². The van der Waals surface area contributed by atoms with Gasteiger partial charge in [-0.25, -0.2) is 0 Å². The van der Waals surface area contributed by atoms with Crippen LogP contribution in [0.4, 0.5) is 5.69 Å². The number of halogens is 1. The quantitative estimate of drug-likeness (QED) is 0.563. The minimum atomic E-state index is -0.0824. The second-order valence-electron chi connectivity index (χ2n) is 4.52. The molecule has 1 atom stereocenters. The van der Waals surface area contributed by atoms with Gasteiger partial charge in [0, 0.05) is 11.6 Å². The Hall–Kier alpha value is -0.930. The first-order valence-electron chi connectivity index (χ1n) is 5.43. The summed E-state index contributed by atoms with van der Waals surface area (Å²) in [5.41, 5.74) is 14.0. The van der Waals surface area contributed by atoms with Crippen LogP contribution in [0.15, 0.2) is 12.1 Å². The Balaban J connectivity index is 0.00000128. The molecule has 0 bridgehead atoms. The van der Waals surface area contributed by atoms with Crippen LogP contribution in [0.1, 0.15) is 36.4 Å². The largest absolute Gasteiger partial charge is 0.505 e. The second-order valence-corrected chi connectivity index (χ2v) is 4.52. The minimum absolute atomic E-state index is 0. The van der Waals surface area contributed by atoms with Crippen LogP contribution in [0.3, 0.4) is 0 Å². The third-order valence-electron chi connectivity index (χ3n) is 3.12. The highest BCUT2D eigenvalue weighted by atomic mass is 35.5. The van der Waals surface area contributed by atoms with E-state index in [0.717, 1.165) is 23.5 Å². The van der Waals surface area contributed by atoms with Crippen molar-refractivity contribution in [2.24, 2.45) is 11.7 Å². The Morgan fingerprint density at radius 3 is 2.62 bits per heavy atom. The maximum absolute atomic E-state index is 9.88. The van der Waals surface area contributed by atoms with E-state index in [1.165, 1.54) is 12.8 Å². The van der Waals surface area contributed by atoms with Gasteiger partial charge in [-0.2, -0.15) is 0 Å². The number of aryl methyl sites for hydroxylation is 1. The molecule has 2 rings (SSSR count). The van der Waals surface area contributed by atoms with Crippen LogP contribution < -0.4 is 11.5 Å². The van der Waals surface area contributed by atoms with E-state index >= 15 is 0 Å². The number of rotatable bonds is 3. The van der Waals surface area contributed by atoms with Crippen LogP contribution in [0, 0.1) is 12.8 Å². The maximum Gasteiger partial charge on any atom is 0.143 e. The third-order valence-corrected chi connectivity index (χ3v) is 3.12. The first-order chi connectivity index (χ1) is 7.09. The van der Waals surface area contributed by atoms with Crippen LogP contribution in [-0.2, 0) is 0 Å². The van der Waals surface area contributed by atoms with Crippen LogP contribution in [-0.4, -0.2) is 5.11 Å². The highest BCUT2D eigenvalue weighted by Crippen LogP contribution is 2.40. The summed E-state index contributed by atoms with van der Waals surface area (Å²) in [7, 11) is 0. The van der Waals surface area contributed by atoms with Gasteiger partial charge in [0.15, 0.2) is 0 Å². The molecular formula is C12H19ClN2O. The summed E-state index contributed by atoms with van der Waals surface area (Å²) < 4.78 is 0. The SMILES string of the molecule is Cc1ccc(N)c(O)c1[C@H](N)CC1CC1.Cl. The van der Waals surface area contributed by atoms with Crippen LogP contribution >= 0.6 is 12.4 Å². The van der Waals surface area contributed by atoms with E-state index in [4.69, 9.17) is 11.5 Å². The van der Waals surface area contributed by atoms with Crippen molar-refractivity contribution in [2.75, 3.05) is 5.73 Å². The molecule has 1 saturated carbocycles. The van der Waals surface area contributed by atoms with Gasteiger partial charge in [-0.3, -0.25) is 0 Å². The number of phenols is 1. The molecule has 0 aromatic heterocycles. The lowest BCUT2D eigenvalue weighted by molar-refractivity contribution is 0.457. The van der Waals surface area contributed by atoms with Crippen molar-refractivity contribution in [3.05, 3.63) is 23.3 Å². The smallest absolute Gasteiger partial charge is 0.143 e. The van der Waals surface area contributed by atoms with Gasteiger partial charge in [0.1, 0.15) is 5.75 Å². The van der Waals surface area contributed by atoms with E-state index in [-0.39, 0.29) is 24.2 Å². The topological polar surface area (TPSA) is 72.3 Å². The summed E-state index contributed by atoms with van der Waals surface area (Å²) >= 11 is 0. The average molecular weight is 243 g/mol. The third kappa shape index (κ3) is 2.60. The van der Waals surface area contributed by atoms with E-state index in [9.17, 15) is 5.11 Å². The van der Waals surface area contributed by atoms with Gasteiger partial charge >= 0.3 is 0 Å². The van der Waals surface area contributed by atoms with Gasteiger partial charge in [-0.1, -0.05) is 18.9 Å². The van der Waals surface area contributed by atoms with Crippen molar-refractivity contribution >= 4 is 18.1 Å². The Morgan fingerprint density at radius 1 is 1.44 bits per heavy atom. The molecule has 16 heavy (non-hydrogen) atoms. The number of hydrogen-bond donors (Lipinski definition) is 3. The Bertz CT molecular complexity index is 378. The van der Waals surface area contributed by atoms with Crippen molar-refractivity contribution in [3.8, 4) is 5.75 Å². The zero-order chi connectivity index (χ0) is 11.0. The van der Waals surface area contributed by atoms with Crippen LogP contribution in [0.2, 0.25) is 0 Å². The van der Waals surface area contributed by atoms with Crippen LogP contribution in [0.25, 0.3) is 0 Å². The summed E-state index contributed by atoms with van der Waals surface area (Å²) in [4.78, 5) is 0. The van der Waals surface area contributed by atoms with Gasteiger partial charge < -0.3 is 16.6 Å². The molecule has 4 heteroatoms. The lowest BCUT2D eigenvalue weighted by atomic mass is 9.96. The molecule has 0 heterocycles. The predicted molar refractivity (Wildman–Crippen MR) is 68.8 cm³/mol. The molecule has 1 aromatic rings. The zero-order valence-corrected chi connectivity index (χ0v) is 10.3. The summed E-state index contributed by atoms with van der Waals surface area (Å²) in [6, 6.07) is 3.55. The van der Waals surface area contributed by atoms with Crippen LogP contribution in [0.5, 0.6) is 5.75 Å². The van der Waals surface area contributed by atoms with Crippen molar-refractivity contribution in [2.45, 2.75) is 32.2 Å². The standard InChI is InChI=1S/C12H18N2O.ClH/c1-7-2-5-9(13)12(15)11(7)10(14)6-8-3-4-8;/h2,5,8,10,15H,3-4,6,13-14H2,1H3;1H/t10-;/m1./s1. The molecule has 0 unspecified atom stereocenters. The summed E-state index contributed by atoms with van der Waals surface area (Å²) in [5.74, 6) is 0.920. The molecule has 5 N–H and O–H groups in total. The Labute approximate surface area is 102 Å². The molecule has 0 radical (unpaired) electrons. The van der Waals surface area contributed by atoms with Crippen molar-refractivity contribution in [1.82, 2.24) is 0 Å². The maximum atomic E-state index is 9.88. The Kier molecular flexibility index (Phi) is 4.05. The van der Waals surface area contributed by atoms with E-state index < -0.39 is 0 Å². The number of nitrogen functional groups attached to an aromatic ring is 1. The highest BCUT2D eigenvalue weighted by molar-refractivity contribution is 5.85. The fourth-order valence-corrected chi connectivity index (χ4v) is 2.02.